The summed E-state index contributed by atoms with van der Waals surface area (Å²) >= 11 is 1.23. The van der Waals surface area contributed by atoms with Gasteiger partial charge in [-0.2, -0.15) is 4.31 Å². The van der Waals surface area contributed by atoms with Gasteiger partial charge >= 0.3 is 5.97 Å². The Morgan fingerprint density at radius 3 is 2.53 bits per heavy atom. The van der Waals surface area contributed by atoms with Crippen LogP contribution in [-0.2, 0) is 37.3 Å². The van der Waals surface area contributed by atoms with Crippen molar-refractivity contribution >= 4 is 44.1 Å². The van der Waals surface area contributed by atoms with Crippen molar-refractivity contribution in [3.05, 3.63) is 40.3 Å². The molecular weight excluding hydrogens is 506 g/mol. The normalized spacial score (nSPS) is 18.0. The third-order valence-electron chi connectivity index (χ3n) is 6.39. The highest BCUT2D eigenvalue weighted by atomic mass is 32.2. The molecule has 10 nitrogen and oxygen atoms in total. The lowest BCUT2D eigenvalue weighted by Crippen LogP contribution is -2.43. The predicted octanol–water partition coefficient (Wildman–Crippen LogP) is 2.63. The molecule has 36 heavy (non-hydrogen) atoms. The molecule has 0 bridgehead atoms. The summed E-state index contributed by atoms with van der Waals surface area (Å²) in [6.45, 7) is 4.39. The first-order valence-corrected chi connectivity index (χ1v) is 14.0. The number of fused-ring (bicyclic) bond motifs is 1. The van der Waals surface area contributed by atoms with Crippen LogP contribution in [0.25, 0.3) is 0 Å². The number of nitrogens with zero attached hydrogens (tertiary/aromatic N) is 2. The minimum Gasteiger partial charge on any atom is -0.497 e. The van der Waals surface area contributed by atoms with Crippen molar-refractivity contribution in [3.63, 3.8) is 0 Å². The van der Waals surface area contributed by atoms with Gasteiger partial charge in [0.2, 0.25) is 21.8 Å². The molecule has 1 fully saturated rings. The van der Waals surface area contributed by atoms with Crippen LogP contribution in [0.1, 0.15) is 47.5 Å². The third kappa shape index (κ3) is 4.97. The van der Waals surface area contributed by atoms with Gasteiger partial charge in [-0.3, -0.25) is 9.59 Å². The Bertz CT molecular complexity index is 1270. The molecule has 0 aliphatic carbocycles. The monoisotopic (exact) mass is 535 g/mol. The molecule has 4 rings (SSSR count). The minimum absolute atomic E-state index is 0.0670. The highest BCUT2D eigenvalue weighted by Gasteiger charge is 2.40. The number of amides is 2. The lowest BCUT2D eigenvalue weighted by atomic mass is 10.0. The minimum atomic E-state index is -3.92. The fraction of sp³-hybridized carbons (Fsp3) is 0.458. The first-order valence-electron chi connectivity index (χ1n) is 11.7. The van der Waals surface area contributed by atoms with E-state index in [1.54, 1.807) is 24.0 Å². The van der Waals surface area contributed by atoms with Crippen molar-refractivity contribution in [3.8, 4) is 5.75 Å². The summed E-state index contributed by atoms with van der Waals surface area (Å²) in [7, 11) is -2.42. The molecule has 1 unspecified atom stereocenters. The summed E-state index contributed by atoms with van der Waals surface area (Å²) in [5.41, 5.74) is 1.05. The molecule has 2 aliphatic rings. The number of hydrogen-bond acceptors (Lipinski definition) is 8. The van der Waals surface area contributed by atoms with E-state index in [4.69, 9.17) is 9.47 Å². The summed E-state index contributed by atoms with van der Waals surface area (Å²) in [5.74, 6) is -0.586. The van der Waals surface area contributed by atoms with Gasteiger partial charge in [0.25, 0.3) is 0 Å². The number of carbonyl (C=O) groups is 3. The van der Waals surface area contributed by atoms with Crippen LogP contribution in [0.4, 0.5) is 5.00 Å². The van der Waals surface area contributed by atoms with Crippen LogP contribution >= 0.6 is 11.3 Å². The summed E-state index contributed by atoms with van der Waals surface area (Å²) < 4.78 is 38.2. The number of rotatable bonds is 7. The van der Waals surface area contributed by atoms with Crippen molar-refractivity contribution in [2.45, 2.75) is 50.6 Å². The Hall–Kier alpha value is -2.96. The molecule has 1 N–H and O–H groups in total. The number of thiophene rings is 1. The van der Waals surface area contributed by atoms with E-state index in [-0.39, 0.29) is 29.5 Å². The van der Waals surface area contributed by atoms with Gasteiger partial charge in [0.15, 0.2) is 0 Å². The van der Waals surface area contributed by atoms with Gasteiger partial charge in [-0.1, -0.05) is 0 Å². The van der Waals surface area contributed by atoms with E-state index in [2.05, 4.69) is 5.32 Å². The van der Waals surface area contributed by atoms with Crippen LogP contribution in [0.3, 0.4) is 0 Å². The van der Waals surface area contributed by atoms with E-state index in [0.717, 1.165) is 10.4 Å². The molecule has 1 saturated heterocycles. The van der Waals surface area contributed by atoms with Crippen LogP contribution in [0.15, 0.2) is 29.2 Å². The maximum Gasteiger partial charge on any atom is 0.341 e. The second-order valence-electron chi connectivity index (χ2n) is 8.56. The van der Waals surface area contributed by atoms with E-state index in [9.17, 15) is 22.8 Å². The van der Waals surface area contributed by atoms with Crippen LogP contribution in [0.2, 0.25) is 0 Å². The maximum atomic E-state index is 13.4. The summed E-state index contributed by atoms with van der Waals surface area (Å²) in [4.78, 5) is 40.6. The Morgan fingerprint density at radius 2 is 1.89 bits per heavy atom. The molecule has 194 valence electrons. The highest BCUT2D eigenvalue weighted by Crippen LogP contribution is 2.38. The van der Waals surface area contributed by atoms with Gasteiger partial charge in [-0.25, -0.2) is 13.2 Å². The van der Waals surface area contributed by atoms with Crippen molar-refractivity contribution < 1.29 is 32.3 Å². The van der Waals surface area contributed by atoms with E-state index in [1.165, 1.54) is 41.8 Å². The molecule has 2 aliphatic heterocycles. The lowest BCUT2D eigenvalue weighted by Gasteiger charge is -2.25. The number of esters is 1. The molecule has 1 aromatic carbocycles. The second-order valence-corrected chi connectivity index (χ2v) is 11.6. The van der Waals surface area contributed by atoms with Gasteiger partial charge < -0.3 is 19.7 Å². The van der Waals surface area contributed by atoms with Crippen LogP contribution in [0, 0.1) is 0 Å². The number of ether oxygens (including phenoxy) is 2. The largest absolute Gasteiger partial charge is 0.497 e. The molecule has 1 aromatic heterocycles. The zero-order valence-electron chi connectivity index (χ0n) is 20.4. The Kier molecular flexibility index (Phi) is 7.67. The predicted molar refractivity (Wildman–Crippen MR) is 134 cm³/mol. The van der Waals surface area contributed by atoms with Crippen molar-refractivity contribution in [2.75, 3.05) is 32.1 Å². The molecular formula is C24H29N3O7S2. The first-order chi connectivity index (χ1) is 17.2. The zero-order chi connectivity index (χ0) is 26.0. The number of benzene rings is 1. The van der Waals surface area contributed by atoms with Gasteiger partial charge in [0.1, 0.15) is 16.8 Å². The van der Waals surface area contributed by atoms with E-state index >= 15 is 0 Å². The van der Waals surface area contributed by atoms with Gasteiger partial charge in [0.05, 0.1) is 30.7 Å². The molecule has 12 heteroatoms. The fourth-order valence-corrected chi connectivity index (χ4v) is 7.46. The Balaban J connectivity index is 1.61. The summed E-state index contributed by atoms with van der Waals surface area (Å²) in [5, 5.41) is 3.14. The van der Waals surface area contributed by atoms with Gasteiger partial charge in [-0.15, -0.1) is 11.3 Å². The number of carbonyl (C=O) groups excluding carboxylic acids is 3. The highest BCUT2D eigenvalue weighted by molar-refractivity contribution is 7.89. The Morgan fingerprint density at radius 1 is 1.17 bits per heavy atom. The van der Waals surface area contributed by atoms with Crippen LogP contribution < -0.4 is 10.1 Å². The van der Waals surface area contributed by atoms with E-state index in [0.29, 0.717) is 43.1 Å². The lowest BCUT2D eigenvalue weighted by molar-refractivity contribution is -0.129. The van der Waals surface area contributed by atoms with Crippen molar-refractivity contribution in [1.29, 1.82) is 0 Å². The Labute approximate surface area is 214 Å². The quantitative estimate of drug-likeness (QED) is 0.541. The van der Waals surface area contributed by atoms with Crippen LogP contribution in [0.5, 0.6) is 5.75 Å². The first kappa shape index (κ1) is 26.1. The average molecular weight is 536 g/mol. The van der Waals surface area contributed by atoms with Crippen LogP contribution in [-0.4, -0.2) is 68.3 Å². The molecule has 0 radical (unpaired) electrons. The van der Waals surface area contributed by atoms with E-state index < -0.39 is 27.9 Å². The average Bonchev–Trinajstić information content (AvgIpc) is 3.49. The van der Waals surface area contributed by atoms with E-state index in [1.807, 2.05) is 0 Å². The van der Waals surface area contributed by atoms with Crippen molar-refractivity contribution in [2.24, 2.45) is 0 Å². The SMILES string of the molecule is CCOC(=O)c1c(NC(=O)C2CCCN2S(=O)(=O)c2ccc(OC)cc2)sc2c1CCN(C(C)=O)C2. The molecule has 0 saturated carbocycles. The summed E-state index contributed by atoms with van der Waals surface area (Å²) in [6, 6.07) is 5.11. The number of anilines is 1. The molecule has 3 heterocycles. The summed E-state index contributed by atoms with van der Waals surface area (Å²) in [6.07, 6.45) is 1.36. The number of hydrogen-bond donors (Lipinski definition) is 1. The van der Waals surface area contributed by atoms with Gasteiger partial charge in [0, 0.05) is 24.9 Å². The standard InChI is InChI=1S/C24H29N3O7S2/c1-4-34-24(30)21-18-11-13-26(15(2)28)14-20(18)35-23(21)25-22(29)19-6-5-12-27(19)36(31,32)17-9-7-16(33-3)8-10-17/h7-10,19H,4-6,11-14H2,1-3H3,(H,25,29). The topological polar surface area (TPSA) is 122 Å². The fourth-order valence-electron chi connectivity index (χ4n) is 4.55. The molecule has 0 spiro atoms. The second kappa shape index (κ2) is 10.6. The van der Waals surface area contributed by atoms with Gasteiger partial charge in [-0.05, 0) is 56.0 Å². The molecule has 2 amide bonds. The molecule has 2 aromatic rings. The third-order valence-corrected chi connectivity index (χ3v) is 9.45. The molecule has 1 atom stereocenters. The number of methoxy groups -OCH3 is 1. The number of nitrogens with one attached hydrogen (secondary N) is 1. The number of sulfonamides is 1. The smallest absolute Gasteiger partial charge is 0.341 e. The maximum absolute atomic E-state index is 13.4. The zero-order valence-corrected chi connectivity index (χ0v) is 22.0. The van der Waals surface area contributed by atoms with Crippen molar-refractivity contribution in [1.82, 2.24) is 9.21 Å².